The van der Waals surface area contributed by atoms with Crippen molar-refractivity contribution in [2.75, 3.05) is 24.7 Å². The largest absolute Gasteiger partial charge is 0.397 e. The van der Waals surface area contributed by atoms with Gasteiger partial charge in [-0.1, -0.05) is 6.07 Å². The Morgan fingerprint density at radius 3 is 2.62 bits per heavy atom. The zero-order valence-corrected chi connectivity index (χ0v) is 7.92. The molecule has 0 aliphatic carbocycles. The van der Waals surface area contributed by atoms with Crippen LogP contribution in [0.25, 0.3) is 0 Å². The van der Waals surface area contributed by atoms with Gasteiger partial charge in [-0.15, -0.1) is 0 Å². The first kappa shape index (κ1) is 9.86. The van der Waals surface area contributed by atoms with E-state index in [1.165, 1.54) is 5.56 Å². The first-order chi connectivity index (χ1) is 6.24. The van der Waals surface area contributed by atoms with Gasteiger partial charge in [-0.05, 0) is 31.0 Å². The second-order valence-corrected chi connectivity index (χ2v) is 2.91. The van der Waals surface area contributed by atoms with E-state index in [0.29, 0.717) is 11.4 Å². The fourth-order valence-corrected chi connectivity index (χ4v) is 1.11. The number of benzene rings is 1. The molecular weight excluding hydrogens is 164 g/mol. The van der Waals surface area contributed by atoms with Crippen LogP contribution in [0.15, 0.2) is 18.2 Å². The molecule has 0 aromatic heterocycles. The van der Waals surface area contributed by atoms with Crippen LogP contribution in [0.3, 0.4) is 0 Å². The first-order valence-electron chi connectivity index (χ1n) is 4.45. The van der Waals surface area contributed by atoms with E-state index in [9.17, 15) is 0 Å². The average molecular weight is 180 g/mol. The van der Waals surface area contributed by atoms with Crippen molar-refractivity contribution in [2.24, 2.45) is 0 Å². The van der Waals surface area contributed by atoms with Gasteiger partial charge in [0.1, 0.15) is 0 Å². The molecule has 1 aromatic carbocycles. The third kappa shape index (κ3) is 2.95. The highest BCUT2D eigenvalue weighted by molar-refractivity contribution is 5.63. The quantitative estimate of drug-likeness (QED) is 0.544. The summed E-state index contributed by atoms with van der Waals surface area (Å²) in [6, 6.07) is 5.70. The zero-order valence-electron chi connectivity index (χ0n) is 7.92. The smallest absolute Gasteiger partial charge is 0.0550 e. The maximum atomic E-state index is 5.66. The number of hydrogen-bond acceptors (Lipinski definition) is 3. The molecule has 3 nitrogen and oxygen atoms in total. The van der Waals surface area contributed by atoms with Crippen molar-refractivity contribution in [3.05, 3.63) is 23.8 Å². The Kier molecular flexibility index (Phi) is 3.58. The summed E-state index contributed by atoms with van der Waals surface area (Å²) in [6.07, 6.45) is 0.887. The summed E-state index contributed by atoms with van der Waals surface area (Å²) in [5.41, 5.74) is 13.7. The Bertz CT molecular complexity index is 274. The van der Waals surface area contributed by atoms with Crippen molar-refractivity contribution in [1.29, 1.82) is 0 Å². The minimum absolute atomic E-state index is 0.639. The van der Waals surface area contributed by atoms with Crippen molar-refractivity contribution in [3.63, 3.8) is 0 Å². The summed E-state index contributed by atoms with van der Waals surface area (Å²) in [6.45, 7) is 3.47. The van der Waals surface area contributed by atoms with Gasteiger partial charge in [0.05, 0.1) is 18.0 Å². The highest BCUT2D eigenvalue weighted by atomic mass is 16.5. The van der Waals surface area contributed by atoms with Crippen molar-refractivity contribution >= 4 is 11.4 Å². The Morgan fingerprint density at radius 1 is 1.23 bits per heavy atom. The molecule has 1 rings (SSSR count). The van der Waals surface area contributed by atoms with Crippen LogP contribution in [0.1, 0.15) is 12.5 Å². The summed E-state index contributed by atoms with van der Waals surface area (Å²) in [5.74, 6) is 0. The van der Waals surface area contributed by atoms with E-state index in [1.807, 2.05) is 25.1 Å². The molecule has 0 aliphatic heterocycles. The fraction of sp³-hybridized carbons (Fsp3) is 0.400. The number of anilines is 2. The minimum atomic E-state index is 0.639. The number of rotatable bonds is 4. The van der Waals surface area contributed by atoms with Gasteiger partial charge in [-0.2, -0.15) is 0 Å². The Morgan fingerprint density at radius 2 is 2.00 bits per heavy atom. The third-order valence-corrected chi connectivity index (χ3v) is 1.89. The Hall–Kier alpha value is -1.22. The van der Waals surface area contributed by atoms with E-state index in [-0.39, 0.29) is 0 Å². The van der Waals surface area contributed by atoms with Crippen LogP contribution in [0.4, 0.5) is 11.4 Å². The zero-order chi connectivity index (χ0) is 9.68. The van der Waals surface area contributed by atoms with Gasteiger partial charge >= 0.3 is 0 Å². The van der Waals surface area contributed by atoms with E-state index >= 15 is 0 Å². The lowest BCUT2D eigenvalue weighted by Gasteiger charge is -2.04. The highest BCUT2D eigenvalue weighted by Crippen LogP contribution is 2.16. The van der Waals surface area contributed by atoms with Gasteiger partial charge in [-0.25, -0.2) is 0 Å². The lowest BCUT2D eigenvalue weighted by atomic mass is 10.1. The predicted octanol–water partition coefficient (Wildman–Crippen LogP) is 1.43. The van der Waals surface area contributed by atoms with Crippen LogP contribution >= 0.6 is 0 Å². The summed E-state index contributed by atoms with van der Waals surface area (Å²) >= 11 is 0. The molecule has 1 aromatic rings. The summed E-state index contributed by atoms with van der Waals surface area (Å²) < 4.78 is 5.24. The average Bonchev–Trinajstić information content (AvgIpc) is 2.12. The van der Waals surface area contributed by atoms with E-state index in [0.717, 1.165) is 19.6 Å². The first-order valence-corrected chi connectivity index (χ1v) is 4.45. The predicted molar refractivity (Wildman–Crippen MR) is 55.5 cm³/mol. The number of nitrogens with two attached hydrogens (primary N) is 2. The van der Waals surface area contributed by atoms with E-state index in [2.05, 4.69) is 0 Å². The summed E-state index contributed by atoms with van der Waals surface area (Å²) in [4.78, 5) is 0. The molecule has 0 aliphatic rings. The normalized spacial score (nSPS) is 10.2. The molecule has 0 unspecified atom stereocenters. The molecule has 0 amide bonds. The lowest BCUT2D eigenvalue weighted by Crippen LogP contribution is -2.00. The van der Waals surface area contributed by atoms with E-state index in [4.69, 9.17) is 16.2 Å². The molecule has 0 bridgehead atoms. The SMILES string of the molecule is CCOCCc1ccc(N)c(N)c1. The van der Waals surface area contributed by atoms with Gasteiger partial charge in [0.15, 0.2) is 0 Å². The minimum Gasteiger partial charge on any atom is -0.397 e. The molecule has 0 saturated carbocycles. The molecule has 13 heavy (non-hydrogen) atoms. The molecule has 0 radical (unpaired) electrons. The van der Waals surface area contributed by atoms with Crippen LogP contribution < -0.4 is 11.5 Å². The molecule has 0 saturated heterocycles. The molecule has 72 valence electrons. The Balaban J connectivity index is 2.53. The van der Waals surface area contributed by atoms with Crippen LogP contribution in [0.2, 0.25) is 0 Å². The van der Waals surface area contributed by atoms with Gasteiger partial charge < -0.3 is 16.2 Å². The highest BCUT2D eigenvalue weighted by Gasteiger charge is 1.96. The van der Waals surface area contributed by atoms with Gasteiger partial charge in [0.25, 0.3) is 0 Å². The molecule has 0 atom stereocenters. The van der Waals surface area contributed by atoms with Gasteiger partial charge in [-0.3, -0.25) is 0 Å². The number of hydrogen-bond donors (Lipinski definition) is 2. The van der Waals surface area contributed by atoms with Crippen molar-refractivity contribution in [1.82, 2.24) is 0 Å². The van der Waals surface area contributed by atoms with E-state index < -0.39 is 0 Å². The maximum absolute atomic E-state index is 5.66. The summed E-state index contributed by atoms with van der Waals surface area (Å²) in [7, 11) is 0. The molecule has 4 N–H and O–H groups in total. The summed E-state index contributed by atoms with van der Waals surface area (Å²) in [5, 5.41) is 0. The van der Waals surface area contributed by atoms with Crippen molar-refractivity contribution in [2.45, 2.75) is 13.3 Å². The fourth-order valence-electron chi connectivity index (χ4n) is 1.11. The van der Waals surface area contributed by atoms with Crippen molar-refractivity contribution in [3.8, 4) is 0 Å². The van der Waals surface area contributed by atoms with Crippen LogP contribution in [0.5, 0.6) is 0 Å². The second-order valence-electron chi connectivity index (χ2n) is 2.91. The third-order valence-electron chi connectivity index (χ3n) is 1.89. The number of nitrogen functional groups attached to an aromatic ring is 2. The maximum Gasteiger partial charge on any atom is 0.0550 e. The number of ether oxygens (including phenoxy) is 1. The molecule has 0 heterocycles. The van der Waals surface area contributed by atoms with Crippen molar-refractivity contribution < 1.29 is 4.74 Å². The lowest BCUT2D eigenvalue weighted by molar-refractivity contribution is 0.151. The van der Waals surface area contributed by atoms with Gasteiger partial charge in [0, 0.05) is 6.61 Å². The van der Waals surface area contributed by atoms with Crippen LogP contribution in [-0.4, -0.2) is 13.2 Å². The monoisotopic (exact) mass is 180 g/mol. The van der Waals surface area contributed by atoms with Crippen LogP contribution in [-0.2, 0) is 11.2 Å². The second kappa shape index (κ2) is 4.72. The Labute approximate surface area is 78.7 Å². The van der Waals surface area contributed by atoms with Crippen LogP contribution in [0, 0.1) is 0 Å². The molecule has 0 fully saturated rings. The molecule has 0 spiro atoms. The van der Waals surface area contributed by atoms with Gasteiger partial charge in [0.2, 0.25) is 0 Å². The molecular formula is C10H16N2O. The molecule has 3 heteroatoms. The topological polar surface area (TPSA) is 61.3 Å². The van der Waals surface area contributed by atoms with E-state index in [1.54, 1.807) is 0 Å². The standard InChI is InChI=1S/C10H16N2O/c1-2-13-6-5-8-3-4-9(11)10(12)7-8/h3-4,7H,2,5-6,11-12H2,1H3.